The van der Waals surface area contributed by atoms with Gasteiger partial charge in [-0.2, -0.15) is 5.10 Å². The number of aromatic carboxylic acids is 1. The Labute approximate surface area is 107 Å². The smallest absolute Gasteiger partial charge is 0.356 e. The van der Waals surface area contributed by atoms with Crippen molar-refractivity contribution in [3.05, 3.63) is 33.5 Å². The number of rotatable bonds is 2. The molecule has 8 heteroatoms. The van der Waals surface area contributed by atoms with Gasteiger partial charge in [0.2, 0.25) is 0 Å². The van der Waals surface area contributed by atoms with Crippen LogP contribution in [0, 0.1) is 0 Å². The lowest BCUT2D eigenvalue weighted by Gasteiger charge is -2.12. The van der Waals surface area contributed by atoms with Gasteiger partial charge in [0, 0.05) is 5.56 Å². The van der Waals surface area contributed by atoms with Gasteiger partial charge in [0.15, 0.2) is 5.69 Å². The summed E-state index contributed by atoms with van der Waals surface area (Å²) < 4.78 is 1.38. The fourth-order valence-electron chi connectivity index (χ4n) is 2.34. The minimum absolute atomic E-state index is 0.0289. The molecule has 0 amide bonds. The van der Waals surface area contributed by atoms with Crippen LogP contribution >= 0.6 is 0 Å². The van der Waals surface area contributed by atoms with Gasteiger partial charge in [0.25, 0.3) is 11.5 Å². The largest absolute Gasteiger partial charge is 0.476 e. The standard InChI is InChI=1S/C11H11N5O3/c17-8-5-12-14-11(13-8)16-7-4-2-1-3-6(7)9(15-16)10(18)19/h5H,1-4H2,(H,18,19)(H,13,14,17). The normalized spacial score (nSPS) is 14.1. The Kier molecular flexibility index (Phi) is 2.62. The highest BCUT2D eigenvalue weighted by Gasteiger charge is 2.25. The molecule has 2 aromatic rings. The molecular weight excluding hydrogens is 250 g/mol. The third-order valence-corrected chi connectivity index (χ3v) is 3.15. The third kappa shape index (κ3) is 1.90. The first kappa shape index (κ1) is 11.6. The first-order chi connectivity index (χ1) is 9.16. The number of aromatic amines is 1. The average molecular weight is 261 g/mol. The zero-order chi connectivity index (χ0) is 13.4. The van der Waals surface area contributed by atoms with Crippen molar-refractivity contribution in [1.82, 2.24) is 25.0 Å². The molecule has 0 unspecified atom stereocenters. The summed E-state index contributed by atoms with van der Waals surface area (Å²) in [5.41, 5.74) is 1.15. The molecular formula is C11H11N5O3. The maximum absolute atomic E-state index is 11.3. The van der Waals surface area contributed by atoms with E-state index in [1.54, 1.807) is 0 Å². The zero-order valence-corrected chi connectivity index (χ0v) is 9.96. The molecule has 0 radical (unpaired) electrons. The zero-order valence-electron chi connectivity index (χ0n) is 9.96. The molecule has 98 valence electrons. The molecule has 0 spiro atoms. The van der Waals surface area contributed by atoms with Gasteiger partial charge in [-0.15, -0.1) is 10.2 Å². The SMILES string of the molecule is O=C(O)c1nn(-c2nncc(=O)[nH]2)c2c1CCCC2. The van der Waals surface area contributed by atoms with E-state index in [1.165, 1.54) is 4.68 Å². The van der Waals surface area contributed by atoms with E-state index in [2.05, 4.69) is 20.3 Å². The van der Waals surface area contributed by atoms with Gasteiger partial charge in [0.1, 0.15) is 6.20 Å². The highest BCUT2D eigenvalue weighted by atomic mass is 16.4. The number of hydrogen-bond donors (Lipinski definition) is 2. The van der Waals surface area contributed by atoms with Crippen LogP contribution in [0.2, 0.25) is 0 Å². The molecule has 2 aromatic heterocycles. The van der Waals surface area contributed by atoms with E-state index in [-0.39, 0.29) is 11.6 Å². The first-order valence-corrected chi connectivity index (χ1v) is 5.93. The minimum Gasteiger partial charge on any atom is -0.476 e. The van der Waals surface area contributed by atoms with Gasteiger partial charge in [0.05, 0.1) is 5.69 Å². The summed E-state index contributed by atoms with van der Waals surface area (Å²) >= 11 is 0. The van der Waals surface area contributed by atoms with Crippen molar-refractivity contribution in [1.29, 1.82) is 0 Å². The first-order valence-electron chi connectivity index (χ1n) is 5.93. The summed E-state index contributed by atoms with van der Waals surface area (Å²) in [6, 6.07) is 0. The Hall–Kier alpha value is -2.51. The molecule has 2 heterocycles. The van der Waals surface area contributed by atoms with Crippen molar-refractivity contribution in [2.24, 2.45) is 0 Å². The van der Waals surface area contributed by atoms with Crippen molar-refractivity contribution in [3.63, 3.8) is 0 Å². The van der Waals surface area contributed by atoms with Gasteiger partial charge in [-0.1, -0.05) is 0 Å². The van der Waals surface area contributed by atoms with Crippen LogP contribution in [0.25, 0.3) is 5.95 Å². The second kappa shape index (κ2) is 4.30. The Morgan fingerprint density at radius 1 is 1.37 bits per heavy atom. The fraction of sp³-hybridized carbons (Fsp3) is 0.364. The lowest BCUT2D eigenvalue weighted by molar-refractivity contribution is 0.0688. The minimum atomic E-state index is -1.07. The molecule has 0 bridgehead atoms. The van der Waals surface area contributed by atoms with Gasteiger partial charge in [-0.3, -0.25) is 9.78 Å². The summed E-state index contributed by atoms with van der Waals surface area (Å²) in [6.07, 6.45) is 4.35. The Balaban J connectivity index is 2.21. The highest BCUT2D eigenvalue weighted by molar-refractivity contribution is 5.87. The molecule has 0 atom stereocenters. The number of carbonyl (C=O) groups is 1. The van der Waals surface area contributed by atoms with E-state index in [0.29, 0.717) is 12.8 Å². The van der Waals surface area contributed by atoms with Crippen molar-refractivity contribution >= 4 is 5.97 Å². The van der Waals surface area contributed by atoms with Crippen LogP contribution in [-0.2, 0) is 12.8 Å². The van der Waals surface area contributed by atoms with Gasteiger partial charge in [-0.05, 0) is 25.7 Å². The van der Waals surface area contributed by atoms with E-state index < -0.39 is 11.5 Å². The van der Waals surface area contributed by atoms with Crippen molar-refractivity contribution < 1.29 is 9.90 Å². The van der Waals surface area contributed by atoms with Crippen LogP contribution in [-0.4, -0.2) is 36.0 Å². The summed E-state index contributed by atoms with van der Waals surface area (Å²) in [5, 5.41) is 20.6. The van der Waals surface area contributed by atoms with E-state index in [9.17, 15) is 14.7 Å². The highest BCUT2D eigenvalue weighted by Crippen LogP contribution is 2.25. The molecule has 8 nitrogen and oxygen atoms in total. The lowest BCUT2D eigenvalue weighted by Crippen LogP contribution is -2.16. The molecule has 3 rings (SSSR count). The average Bonchev–Trinajstić information content (AvgIpc) is 2.78. The lowest BCUT2D eigenvalue weighted by atomic mass is 9.96. The van der Waals surface area contributed by atoms with Crippen LogP contribution in [0.1, 0.15) is 34.6 Å². The number of nitrogens with zero attached hydrogens (tertiary/aromatic N) is 4. The van der Waals surface area contributed by atoms with Crippen molar-refractivity contribution in [2.45, 2.75) is 25.7 Å². The summed E-state index contributed by atoms with van der Waals surface area (Å²) in [6.45, 7) is 0. The van der Waals surface area contributed by atoms with Crippen LogP contribution < -0.4 is 5.56 Å². The maximum atomic E-state index is 11.3. The van der Waals surface area contributed by atoms with E-state index in [0.717, 1.165) is 30.3 Å². The fourth-order valence-corrected chi connectivity index (χ4v) is 2.34. The Bertz CT molecular complexity index is 703. The quantitative estimate of drug-likeness (QED) is 0.782. The summed E-state index contributed by atoms with van der Waals surface area (Å²) in [5.74, 6) is -0.915. The number of aromatic nitrogens is 5. The third-order valence-electron chi connectivity index (χ3n) is 3.15. The molecule has 19 heavy (non-hydrogen) atoms. The number of carboxylic acid groups (broad SMARTS) is 1. The number of H-pyrrole nitrogens is 1. The summed E-state index contributed by atoms with van der Waals surface area (Å²) in [7, 11) is 0. The molecule has 2 N–H and O–H groups in total. The van der Waals surface area contributed by atoms with Gasteiger partial charge >= 0.3 is 5.97 Å². The molecule has 1 aliphatic rings. The second-order valence-corrected chi connectivity index (χ2v) is 4.36. The molecule has 0 fully saturated rings. The van der Waals surface area contributed by atoms with Crippen LogP contribution in [0.5, 0.6) is 0 Å². The Morgan fingerprint density at radius 2 is 2.16 bits per heavy atom. The molecule has 0 saturated carbocycles. The van der Waals surface area contributed by atoms with Gasteiger partial charge < -0.3 is 5.11 Å². The number of hydrogen-bond acceptors (Lipinski definition) is 5. The van der Waals surface area contributed by atoms with Crippen molar-refractivity contribution in [2.75, 3.05) is 0 Å². The molecule has 0 aliphatic heterocycles. The van der Waals surface area contributed by atoms with Crippen LogP contribution in [0.15, 0.2) is 11.0 Å². The predicted molar refractivity (Wildman–Crippen MR) is 63.4 cm³/mol. The van der Waals surface area contributed by atoms with E-state index >= 15 is 0 Å². The van der Waals surface area contributed by atoms with E-state index in [4.69, 9.17) is 0 Å². The number of nitrogens with one attached hydrogen (secondary N) is 1. The van der Waals surface area contributed by atoms with Crippen molar-refractivity contribution in [3.8, 4) is 5.95 Å². The second-order valence-electron chi connectivity index (χ2n) is 4.36. The number of fused-ring (bicyclic) bond motifs is 1. The van der Waals surface area contributed by atoms with Crippen LogP contribution in [0.4, 0.5) is 0 Å². The predicted octanol–water partition coefficient (Wildman–Crippen LogP) is -0.0724. The van der Waals surface area contributed by atoms with E-state index in [1.807, 2.05) is 0 Å². The monoisotopic (exact) mass is 261 g/mol. The summed E-state index contributed by atoms with van der Waals surface area (Å²) in [4.78, 5) is 25.0. The van der Waals surface area contributed by atoms with Crippen LogP contribution in [0.3, 0.4) is 0 Å². The molecule has 0 aromatic carbocycles. The number of carboxylic acids is 1. The molecule has 1 aliphatic carbocycles. The molecule has 0 saturated heterocycles. The topological polar surface area (TPSA) is 114 Å². The van der Waals surface area contributed by atoms with Gasteiger partial charge in [-0.25, -0.2) is 9.48 Å². The Morgan fingerprint density at radius 3 is 2.89 bits per heavy atom. The maximum Gasteiger partial charge on any atom is 0.356 e.